The summed E-state index contributed by atoms with van der Waals surface area (Å²) in [4.78, 5) is 11.5. The molecular weight excluding hydrogens is 150 g/mol. The number of ketones is 1. The second-order valence-electron chi connectivity index (χ2n) is 3.89. The molecule has 0 aromatic rings. The number of nitrogens with one attached hydrogen (secondary N) is 1. The van der Waals surface area contributed by atoms with Gasteiger partial charge in [-0.1, -0.05) is 27.7 Å². The fourth-order valence-corrected chi connectivity index (χ4v) is 0.726. The van der Waals surface area contributed by atoms with Crippen molar-refractivity contribution in [3.63, 3.8) is 0 Å². The molecule has 0 aliphatic rings. The summed E-state index contributed by atoms with van der Waals surface area (Å²) in [6, 6.07) is 0. The van der Waals surface area contributed by atoms with Crippen LogP contribution in [0.1, 0.15) is 34.1 Å². The second kappa shape index (κ2) is 4.29. The van der Waals surface area contributed by atoms with Crippen molar-refractivity contribution in [3.8, 4) is 0 Å². The lowest BCUT2D eigenvalue weighted by Crippen LogP contribution is -2.19. The van der Waals surface area contributed by atoms with Crippen molar-refractivity contribution in [1.82, 2.24) is 5.32 Å². The Balaban J connectivity index is 4.42. The number of hydrogen-bond donors (Lipinski definition) is 1. The Labute approximate surface area is 75.0 Å². The zero-order valence-electron chi connectivity index (χ0n) is 8.69. The van der Waals surface area contributed by atoms with Crippen molar-refractivity contribution < 1.29 is 4.79 Å². The molecule has 0 rings (SSSR count). The highest BCUT2D eigenvalue weighted by Gasteiger charge is 2.18. The third-order valence-electron chi connectivity index (χ3n) is 1.75. The third kappa shape index (κ3) is 3.56. The van der Waals surface area contributed by atoms with Crippen LogP contribution in [0.5, 0.6) is 0 Å². The first-order chi connectivity index (χ1) is 5.41. The first-order valence-corrected chi connectivity index (χ1v) is 4.34. The molecule has 0 amide bonds. The van der Waals surface area contributed by atoms with E-state index in [1.54, 1.807) is 6.08 Å². The van der Waals surface area contributed by atoms with Crippen molar-refractivity contribution in [2.24, 2.45) is 5.41 Å². The Morgan fingerprint density at radius 1 is 1.42 bits per heavy atom. The first-order valence-electron chi connectivity index (χ1n) is 4.34. The molecule has 0 aromatic heterocycles. The standard InChI is InChI=1S/C10H19NO/c1-6-8(11-5)7-9(12)10(2,3)4/h7,11H,6H2,1-5H3/b8-7-. The summed E-state index contributed by atoms with van der Waals surface area (Å²) in [5.74, 6) is 0.175. The minimum absolute atomic E-state index is 0.175. The highest BCUT2D eigenvalue weighted by molar-refractivity contribution is 5.94. The third-order valence-corrected chi connectivity index (χ3v) is 1.75. The Kier molecular flexibility index (Phi) is 4.01. The average Bonchev–Trinajstić information content (AvgIpc) is 1.97. The van der Waals surface area contributed by atoms with Crippen molar-refractivity contribution in [2.45, 2.75) is 34.1 Å². The van der Waals surface area contributed by atoms with E-state index in [1.807, 2.05) is 34.7 Å². The van der Waals surface area contributed by atoms with Crippen LogP contribution in [0.3, 0.4) is 0 Å². The monoisotopic (exact) mass is 169 g/mol. The van der Waals surface area contributed by atoms with Crippen LogP contribution < -0.4 is 5.32 Å². The Morgan fingerprint density at radius 3 is 2.17 bits per heavy atom. The van der Waals surface area contributed by atoms with E-state index >= 15 is 0 Å². The molecule has 0 heterocycles. The van der Waals surface area contributed by atoms with Crippen LogP contribution in [0.2, 0.25) is 0 Å². The molecule has 0 aliphatic carbocycles. The summed E-state index contributed by atoms with van der Waals surface area (Å²) in [7, 11) is 1.84. The van der Waals surface area contributed by atoms with E-state index in [1.165, 1.54) is 0 Å². The lowest BCUT2D eigenvalue weighted by molar-refractivity contribution is -0.121. The van der Waals surface area contributed by atoms with Gasteiger partial charge in [-0.25, -0.2) is 0 Å². The van der Waals surface area contributed by atoms with Crippen LogP contribution >= 0.6 is 0 Å². The summed E-state index contributed by atoms with van der Waals surface area (Å²) < 4.78 is 0. The van der Waals surface area contributed by atoms with Gasteiger partial charge in [0.25, 0.3) is 0 Å². The number of allylic oxidation sites excluding steroid dienone is 2. The van der Waals surface area contributed by atoms with Crippen molar-refractivity contribution in [3.05, 3.63) is 11.8 Å². The summed E-state index contributed by atoms with van der Waals surface area (Å²) in [6.45, 7) is 7.80. The number of carbonyl (C=O) groups is 1. The number of hydrogen-bond acceptors (Lipinski definition) is 2. The second-order valence-corrected chi connectivity index (χ2v) is 3.89. The molecule has 0 spiro atoms. The predicted octanol–water partition coefficient (Wildman–Crippen LogP) is 2.11. The van der Waals surface area contributed by atoms with Crippen molar-refractivity contribution in [2.75, 3.05) is 7.05 Å². The quantitative estimate of drug-likeness (QED) is 0.656. The fourth-order valence-electron chi connectivity index (χ4n) is 0.726. The minimum atomic E-state index is -0.267. The van der Waals surface area contributed by atoms with Crippen LogP contribution in [0.25, 0.3) is 0 Å². The molecule has 0 saturated heterocycles. The first kappa shape index (κ1) is 11.2. The smallest absolute Gasteiger partial charge is 0.162 e. The van der Waals surface area contributed by atoms with Crippen LogP contribution in [0.15, 0.2) is 11.8 Å². The topological polar surface area (TPSA) is 29.1 Å². The van der Waals surface area contributed by atoms with Crippen LogP contribution in [0, 0.1) is 5.41 Å². The van der Waals surface area contributed by atoms with E-state index < -0.39 is 0 Å². The molecule has 0 saturated carbocycles. The SMILES string of the molecule is CC/C(=C/C(=O)C(C)(C)C)NC. The van der Waals surface area contributed by atoms with Crippen molar-refractivity contribution in [1.29, 1.82) is 0 Å². The van der Waals surface area contributed by atoms with Gasteiger partial charge in [0.1, 0.15) is 0 Å². The number of rotatable bonds is 3. The molecule has 0 unspecified atom stereocenters. The van der Waals surface area contributed by atoms with Crippen molar-refractivity contribution >= 4 is 5.78 Å². The normalized spacial score (nSPS) is 12.9. The van der Waals surface area contributed by atoms with E-state index in [-0.39, 0.29) is 11.2 Å². The zero-order chi connectivity index (χ0) is 9.78. The van der Waals surface area contributed by atoms with Crippen LogP contribution in [0.4, 0.5) is 0 Å². The Hall–Kier alpha value is -0.790. The van der Waals surface area contributed by atoms with Crippen LogP contribution in [-0.4, -0.2) is 12.8 Å². The molecule has 0 fully saturated rings. The maximum Gasteiger partial charge on any atom is 0.162 e. The molecule has 2 nitrogen and oxygen atoms in total. The predicted molar refractivity (Wildman–Crippen MR) is 51.9 cm³/mol. The van der Waals surface area contributed by atoms with E-state index in [2.05, 4.69) is 5.32 Å². The number of carbonyl (C=O) groups excluding carboxylic acids is 1. The highest BCUT2D eigenvalue weighted by atomic mass is 16.1. The molecule has 0 bridgehead atoms. The summed E-state index contributed by atoms with van der Waals surface area (Å²) >= 11 is 0. The molecule has 0 atom stereocenters. The van der Waals surface area contributed by atoms with Gasteiger partial charge in [0, 0.05) is 24.2 Å². The Bertz CT molecular complexity index is 181. The summed E-state index contributed by atoms with van der Waals surface area (Å²) in [6.07, 6.45) is 2.57. The maximum absolute atomic E-state index is 11.5. The largest absolute Gasteiger partial charge is 0.391 e. The van der Waals surface area contributed by atoms with E-state index in [0.29, 0.717) is 0 Å². The molecule has 12 heavy (non-hydrogen) atoms. The van der Waals surface area contributed by atoms with Gasteiger partial charge in [0.05, 0.1) is 0 Å². The van der Waals surface area contributed by atoms with Gasteiger partial charge in [-0.15, -0.1) is 0 Å². The van der Waals surface area contributed by atoms with E-state index in [4.69, 9.17) is 0 Å². The molecule has 0 radical (unpaired) electrons. The zero-order valence-corrected chi connectivity index (χ0v) is 8.69. The minimum Gasteiger partial charge on any atom is -0.391 e. The van der Waals surface area contributed by atoms with Gasteiger partial charge in [-0.3, -0.25) is 4.79 Å². The fraction of sp³-hybridized carbons (Fsp3) is 0.700. The van der Waals surface area contributed by atoms with Gasteiger partial charge in [-0.05, 0) is 6.42 Å². The highest BCUT2D eigenvalue weighted by Crippen LogP contribution is 2.16. The molecule has 70 valence electrons. The maximum atomic E-state index is 11.5. The van der Waals surface area contributed by atoms with Gasteiger partial charge >= 0.3 is 0 Å². The van der Waals surface area contributed by atoms with Crippen LogP contribution in [-0.2, 0) is 4.79 Å². The average molecular weight is 169 g/mol. The lowest BCUT2D eigenvalue weighted by atomic mass is 9.90. The molecule has 2 heteroatoms. The molecule has 1 N–H and O–H groups in total. The summed E-state index contributed by atoms with van der Waals surface area (Å²) in [5.41, 5.74) is 0.729. The van der Waals surface area contributed by atoms with Gasteiger partial charge in [0.2, 0.25) is 0 Å². The lowest BCUT2D eigenvalue weighted by Gasteiger charge is -2.14. The summed E-state index contributed by atoms with van der Waals surface area (Å²) in [5, 5.41) is 3.00. The molecule has 0 aromatic carbocycles. The van der Waals surface area contributed by atoms with Gasteiger partial charge in [0.15, 0.2) is 5.78 Å². The van der Waals surface area contributed by atoms with Gasteiger partial charge < -0.3 is 5.32 Å². The van der Waals surface area contributed by atoms with E-state index in [9.17, 15) is 4.79 Å². The van der Waals surface area contributed by atoms with Gasteiger partial charge in [-0.2, -0.15) is 0 Å². The molecule has 0 aliphatic heterocycles. The Morgan fingerprint density at radius 2 is 1.92 bits per heavy atom. The van der Waals surface area contributed by atoms with E-state index in [0.717, 1.165) is 12.1 Å². The molecular formula is C10H19NO.